The third-order valence-electron chi connectivity index (χ3n) is 3.50. The molecule has 1 N–H and O–H groups in total. The molecule has 0 bridgehead atoms. The van der Waals surface area contributed by atoms with Crippen LogP contribution in [0, 0.1) is 0 Å². The SMILES string of the molecule is CCCC(C)N1CCc2ccc(C(=O)O)cc21. The van der Waals surface area contributed by atoms with Crippen LogP contribution in [0.3, 0.4) is 0 Å². The van der Waals surface area contributed by atoms with Gasteiger partial charge >= 0.3 is 5.97 Å². The smallest absolute Gasteiger partial charge is 0.335 e. The fourth-order valence-electron chi connectivity index (χ4n) is 2.57. The van der Waals surface area contributed by atoms with Gasteiger partial charge in [0.25, 0.3) is 0 Å². The number of hydrogen-bond acceptors (Lipinski definition) is 2. The number of carboxylic acids is 1. The lowest BCUT2D eigenvalue weighted by molar-refractivity contribution is 0.0697. The summed E-state index contributed by atoms with van der Waals surface area (Å²) in [6.45, 7) is 5.41. The van der Waals surface area contributed by atoms with Gasteiger partial charge in [0.15, 0.2) is 0 Å². The predicted molar refractivity (Wildman–Crippen MR) is 68.8 cm³/mol. The molecule has 1 atom stereocenters. The summed E-state index contributed by atoms with van der Waals surface area (Å²) in [5, 5.41) is 9.03. The molecule has 0 radical (unpaired) electrons. The molecule has 1 unspecified atom stereocenters. The Balaban J connectivity index is 2.29. The minimum atomic E-state index is -0.845. The van der Waals surface area contributed by atoms with Gasteiger partial charge in [-0.2, -0.15) is 0 Å². The lowest BCUT2D eigenvalue weighted by Crippen LogP contribution is -2.31. The standard InChI is InChI=1S/C14H19NO2/c1-3-4-10(2)15-8-7-11-5-6-12(14(16)17)9-13(11)15/h5-6,9-10H,3-4,7-8H2,1-2H3,(H,16,17). The highest BCUT2D eigenvalue weighted by Crippen LogP contribution is 2.31. The van der Waals surface area contributed by atoms with Crippen molar-refractivity contribution in [1.29, 1.82) is 0 Å². The quantitative estimate of drug-likeness (QED) is 0.869. The summed E-state index contributed by atoms with van der Waals surface area (Å²) in [6, 6.07) is 5.97. The Bertz CT molecular complexity index is 428. The molecule has 17 heavy (non-hydrogen) atoms. The van der Waals surface area contributed by atoms with Crippen molar-refractivity contribution < 1.29 is 9.90 Å². The zero-order chi connectivity index (χ0) is 12.4. The Labute approximate surface area is 102 Å². The van der Waals surface area contributed by atoms with Gasteiger partial charge in [-0.15, -0.1) is 0 Å². The topological polar surface area (TPSA) is 40.5 Å². The van der Waals surface area contributed by atoms with E-state index in [0.29, 0.717) is 11.6 Å². The molecule has 1 aromatic carbocycles. The van der Waals surface area contributed by atoms with E-state index in [1.165, 1.54) is 5.56 Å². The molecule has 92 valence electrons. The number of benzene rings is 1. The van der Waals surface area contributed by atoms with Crippen LogP contribution in [0.15, 0.2) is 18.2 Å². The van der Waals surface area contributed by atoms with Gasteiger partial charge in [-0.1, -0.05) is 19.4 Å². The average Bonchev–Trinajstić information content (AvgIpc) is 2.71. The van der Waals surface area contributed by atoms with Crippen LogP contribution in [-0.2, 0) is 6.42 Å². The van der Waals surface area contributed by atoms with Crippen LogP contribution < -0.4 is 4.90 Å². The van der Waals surface area contributed by atoms with E-state index in [1.807, 2.05) is 12.1 Å². The average molecular weight is 233 g/mol. The summed E-state index contributed by atoms with van der Waals surface area (Å²) in [6.07, 6.45) is 3.34. The van der Waals surface area contributed by atoms with Crippen molar-refractivity contribution in [3.05, 3.63) is 29.3 Å². The molecular weight excluding hydrogens is 214 g/mol. The highest BCUT2D eigenvalue weighted by molar-refractivity contribution is 5.89. The largest absolute Gasteiger partial charge is 0.478 e. The molecule has 0 spiro atoms. The number of hydrogen-bond donors (Lipinski definition) is 1. The van der Waals surface area contributed by atoms with Crippen LogP contribution in [0.25, 0.3) is 0 Å². The summed E-state index contributed by atoms with van der Waals surface area (Å²) >= 11 is 0. The number of aromatic carboxylic acids is 1. The first-order valence-corrected chi connectivity index (χ1v) is 6.26. The van der Waals surface area contributed by atoms with Gasteiger partial charge in [0.1, 0.15) is 0 Å². The van der Waals surface area contributed by atoms with Crippen molar-refractivity contribution in [2.24, 2.45) is 0 Å². The zero-order valence-corrected chi connectivity index (χ0v) is 10.4. The molecule has 2 rings (SSSR count). The molecule has 0 amide bonds. The number of carboxylic acid groups (broad SMARTS) is 1. The highest BCUT2D eigenvalue weighted by Gasteiger charge is 2.23. The molecule has 0 aliphatic carbocycles. The molecule has 3 heteroatoms. The first-order valence-electron chi connectivity index (χ1n) is 6.26. The summed E-state index contributed by atoms with van der Waals surface area (Å²) < 4.78 is 0. The highest BCUT2D eigenvalue weighted by atomic mass is 16.4. The fraction of sp³-hybridized carbons (Fsp3) is 0.500. The minimum Gasteiger partial charge on any atom is -0.478 e. The van der Waals surface area contributed by atoms with Gasteiger partial charge in [-0.05, 0) is 37.5 Å². The third-order valence-corrected chi connectivity index (χ3v) is 3.50. The molecule has 1 heterocycles. The second kappa shape index (κ2) is 4.78. The van der Waals surface area contributed by atoms with Gasteiger partial charge in [0.2, 0.25) is 0 Å². The second-order valence-corrected chi connectivity index (χ2v) is 4.73. The Morgan fingerprint density at radius 2 is 2.29 bits per heavy atom. The van der Waals surface area contributed by atoms with Gasteiger partial charge in [0.05, 0.1) is 5.56 Å². The molecule has 0 aromatic heterocycles. The Morgan fingerprint density at radius 1 is 1.53 bits per heavy atom. The van der Waals surface area contributed by atoms with E-state index in [1.54, 1.807) is 6.07 Å². The Kier molecular flexibility index (Phi) is 3.36. The number of carbonyl (C=O) groups is 1. The van der Waals surface area contributed by atoms with Crippen LogP contribution in [0.2, 0.25) is 0 Å². The number of fused-ring (bicyclic) bond motifs is 1. The normalized spacial score (nSPS) is 15.8. The van der Waals surface area contributed by atoms with Crippen LogP contribution in [0.1, 0.15) is 42.6 Å². The van der Waals surface area contributed by atoms with Gasteiger partial charge < -0.3 is 10.0 Å². The van der Waals surface area contributed by atoms with E-state index in [-0.39, 0.29) is 0 Å². The van der Waals surface area contributed by atoms with Crippen molar-refractivity contribution in [3.8, 4) is 0 Å². The van der Waals surface area contributed by atoms with Crippen LogP contribution >= 0.6 is 0 Å². The summed E-state index contributed by atoms with van der Waals surface area (Å²) in [4.78, 5) is 13.3. The number of anilines is 1. The van der Waals surface area contributed by atoms with Crippen molar-refractivity contribution in [3.63, 3.8) is 0 Å². The first-order chi connectivity index (χ1) is 8.13. The maximum Gasteiger partial charge on any atom is 0.335 e. The lowest BCUT2D eigenvalue weighted by atomic mass is 10.1. The van der Waals surface area contributed by atoms with Crippen LogP contribution in [-0.4, -0.2) is 23.7 Å². The molecule has 0 saturated carbocycles. The maximum absolute atomic E-state index is 11.0. The molecule has 0 saturated heterocycles. The van der Waals surface area contributed by atoms with Gasteiger partial charge in [0, 0.05) is 18.3 Å². The first kappa shape index (κ1) is 12.0. The van der Waals surface area contributed by atoms with Crippen molar-refractivity contribution in [2.75, 3.05) is 11.4 Å². The number of rotatable bonds is 4. The van der Waals surface area contributed by atoms with E-state index < -0.39 is 5.97 Å². The van der Waals surface area contributed by atoms with E-state index in [0.717, 1.165) is 31.5 Å². The van der Waals surface area contributed by atoms with Crippen LogP contribution in [0.5, 0.6) is 0 Å². The summed E-state index contributed by atoms with van der Waals surface area (Å²) in [7, 11) is 0. The summed E-state index contributed by atoms with van der Waals surface area (Å²) in [5.41, 5.74) is 2.78. The second-order valence-electron chi connectivity index (χ2n) is 4.73. The Hall–Kier alpha value is -1.51. The molecule has 1 aliphatic rings. The summed E-state index contributed by atoms with van der Waals surface area (Å²) in [5.74, 6) is -0.845. The molecule has 1 aromatic rings. The van der Waals surface area contributed by atoms with Gasteiger partial charge in [-0.3, -0.25) is 0 Å². The zero-order valence-electron chi connectivity index (χ0n) is 10.4. The maximum atomic E-state index is 11.0. The van der Waals surface area contributed by atoms with Crippen LogP contribution in [0.4, 0.5) is 5.69 Å². The van der Waals surface area contributed by atoms with E-state index in [9.17, 15) is 4.79 Å². The van der Waals surface area contributed by atoms with Crippen molar-refractivity contribution >= 4 is 11.7 Å². The fourth-order valence-corrected chi connectivity index (χ4v) is 2.57. The molecule has 0 fully saturated rings. The predicted octanol–water partition coefficient (Wildman–Crippen LogP) is 2.94. The van der Waals surface area contributed by atoms with Gasteiger partial charge in [-0.25, -0.2) is 4.79 Å². The van der Waals surface area contributed by atoms with E-state index in [4.69, 9.17) is 5.11 Å². The van der Waals surface area contributed by atoms with E-state index >= 15 is 0 Å². The number of nitrogens with zero attached hydrogens (tertiary/aromatic N) is 1. The molecule has 3 nitrogen and oxygen atoms in total. The van der Waals surface area contributed by atoms with E-state index in [2.05, 4.69) is 18.7 Å². The van der Waals surface area contributed by atoms with Crippen molar-refractivity contribution in [2.45, 2.75) is 39.2 Å². The lowest BCUT2D eigenvalue weighted by Gasteiger charge is -2.27. The van der Waals surface area contributed by atoms with Crippen molar-refractivity contribution in [1.82, 2.24) is 0 Å². The Morgan fingerprint density at radius 3 is 2.94 bits per heavy atom. The molecular formula is C14H19NO2. The molecule has 1 aliphatic heterocycles. The monoisotopic (exact) mass is 233 g/mol. The third kappa shape index (κ3) is 2.28. The minimum absolute atomic E-state index is 0.388.